The highest BCUT2D eigenvalue weighted by molar-refractivity contribution is 9.10. The summed E-state index contributed by atoms with van der Waals surface area (Å²) in [5.41, 5.74) is 3.87. The third kappa shape index (κ3) is 12.4. The summed E-state index contributed by atoms with van der Waals surface area (Å²) in [7, 11) is 1.08. The second-order valence-corrected chi connectivity index (χ2v) is 7.68. The summed E-state index contributed by atoms with van der Waals surface area (Å²) in [5.74, 6) is 0. The van der Waals surface area contributed by atoms with Crippen molar-refractivity contribution in [3.63, 3.8) is 0 Å². The van der Waals surface area contributed by atoms with Gasteiger partial charge in [-0.05, 0) is 68.1 Å². The largest absolute Gasteiger partial charge is 0.392 e. The van der Waals surface area contributed by atoms with Crippen molar-refractivity contribution < 1.29 is 9.90 Å². The lowest BCUT2D eigenvalue weighted by Gasteiger charge is -2.00. The molecule has 5 heteroatoms. The molecule has 0 unspecified atom stereocenters. The summed E-state index contributed by atoms with van der Waals surface area (Å²) in [5, 5.41) is 8.79. The maximum atomic E-state index is 10.3. The summed E-state index contributed by atoms with van der Waals surface area (Å²) in [4.78, 5) is 10.3. The van der Waals surface area contributed by atoms with Crippen LogP contribution in [0.25, 0.3) is 0 Å². The average Bonchev–Trinajstić information content (AvgIpc) is 2.49. The third-order valence-corrected chi connectivity index (χ3v) is 3.82. The molecular formula is C20H31Br2O2P. The van der Waals surface area contributed by atoms with Gasteiger partial charge in [0.1, 0.15) is 6.29 Å². The minimum Gasteiger partial charge on any atom is -0.392 e. The minimum atomic E-state index is 0. The third-order valence-electron chi connectivity index (χ3n) is 2.83. The number of halogens is 2. The van der Waals surface area contributed by atoms with E-state index in [-0.39, 0.29) is 21.5 Å². The Labute approximate surface area is 172 Å². The lowest BCUT2D eigenvalue weighted by molar-refractivity contribution is 0.112. The predicted molar refractivity (Wildman–Crippen MR) is 123 cm³/mol. The average molecular weight is 494 g/mol. The molecule has 0 amide bonds. The normalized spacial score (nSPS) is 8.44. The number of hydrogen-bond acceptors (Lipinski definition) is 2. The number of aliphatic hydroxyl groups is 1. The summed E-state index contributed by atoms with van der Waals surface area (Å²) in [6, 6.07) is 11.4. The number of aliphatic hydroxyl groups excluding tert-OH is 1. The van der Waals surface area contributed by atoms with Gasteiger partial charge in [-0.15, -0.1) is 8.58 Å². The molecule has 25 heavy (non-hydrogen) atoms. The van der Waals surface area contributed by atoms with Gasteiger partial charge in [0.25, 0.3) is 0 Å². The Morgan fingerprint density at radius 1 is 0.960 bits per heavy atom. The molecule has 0 aliphatic heterocycles. The Balaban J connectivity index is -0.000000313. The van der Waals surface area contributed by atoms with Crippen LogP contribution in [0.3, 0.4) is 0 Å². The summed E-state index contributed by atoms with van der Waals surface area (Å²) in [6.07, 6.45) is 0.863. The topological polar surface area (TPSA) is 37.3 Å². The van der Waals surface area contributed by atoms with Crippen molar-refractivity contribution in [3.8, 4) is 0 Å². The molecule has 0 radical (unpaired) electrons. The second kappa shape index (κ2) is 16.9. The minimum absolute atomic E-state index is 0. The molecule has 0 aliphatic rings. The van der Waals surface area contributed by atoms with Crippen LogP contribution in [0, 0.1) is 13.8 Å². The fourth-order valence-corrected chi connectivity index (χ4v) is 2.56. The van der Waals surface area contributed by atoms with Gasteiger partial charge in [-0.1, -0.05) is 58.8 Å². The van der Waals surface area contributed by atoms with Crippen molar-refractivity contribution in [1.29, 1.82) is 0 Å². The Hall–Kier alpha value is -0.540. The predicted octanol–water partition coefficient (Wildman–Crippen LogP) is 7.02. The lowest BCUT2D eigenvalue weighted by Crippen LogP contribution is -1.86. The molecule has 1 N–H and O–H groups in total. The molecule has 2 aromatic rings. The number of aldehydes is 1. The zero-order valence-electron chi connectivity index (χ0n) is 13.9. The fraction of sp³-hybridized carbons (Fsp3) is 0.350. The van der Waals surface area contributed by atoms with Crippen LogP contribution >= 0.6 is 40.4 Å². The first-order chi connectivity index (χ1) is 10.9. The molecule has 0 saturated carbocycles. The number of carbonyl (C=O) groups excluding carboxylic acids is 1. The zero-order valence-corrected chi connectivity index (χ0v) is 18.0. The Kier molecular flexibility index (Phi) is 19.8. The Morgan fingerprint density at radius 2 is 1.40 bits per heavy atom. The highest BCUT2D eigenvalue weighted by Gasteiger charge is 1.95. The first kappa shape index (κ1) is 29.2. The standard InChI is InChI=1S/C8H9BrO.C8H7BrO.C2H7P.2CH4/c2*1-6-4-8(9)3-2-7(6)5-10;1-3-2;;/h2-4,10H,5H2,1H3;2-5H,1H3;3H,1-2H3;2*1H4. The van der Waals surface area contributed by atoms with E-state index in [0.717, 1.165) is 46.1 Å². The molecule has 0 heterocycles. The molecular weight excluding hydrogens is 463 g/mol. The molecule has 2 aromatic carbocycles. The summed E-state index contributed by atoms with van der Waals surface area (Å²) in [6.45, 7) is 8.32. The van der Waals surface area contributed by atoms with E-state index in [9.17, 15) is 4.79 Å². The molecule has 0 fully saturated rings. The van der Waals surface area contributed by atoms with Crippen molar-refractivity contribution >= 4 is 46.7 Å². The van der Waals surface area contributed by atoms with Crippen LogP contribution in [-0.4, -0.2) is 24.7 Å². The molecule has 2 rings (SSSR count). The lowest BCUT2D eigenvalue weighted by atomic mass is 10.1. The number of aryl methyl sites for hydroxylation is 2. The van der Waals surface area contributed by atoms with Gasteiger partial charge in [0.05, 0.1) is 6.61 Å². The SMILES string of the molecule is C.C.CPC.Cc1cc(Br)ccc1C=O.Cc1cc(Br)ccc1CO. The van der Waals surface area contributed by atoms with E-state index >= 15 is 0 Å². The second-order valence-electron chi connectivity index (χ2n) is 4.85. The van der Waals surface area contributed by atoms with Gasteiger partial charge in [0.15, 0.2) is 0 Å². The maximum Gasteiger partial charge on any atom is 0.150 e. The van der Waals surface area contributed by atoms with Gasteiger partial charge in [-0.2, -0.15) is 0 Å². The Bertz CT molecular complexity index is 617. The van der Waals surface area contributed by atoms with E-state index in [0.29, 0.717) is 0 Å². The number of rotatable bonds is 2. The molecule has 142 valence electrons. The van der Waals surface area contributed by atoms with Gasteiger partial charge in [0, 0.05) is 14.5 Å². The molecule has 0 bridgehead atoms. The maximum absolute atomic E-state index is 10.3. The van der Waals surface area contributed by atoms with Crippen LogP contribution in [0.1, 0.15) is 41.9 Å². The number of hydrogen-bond donors (Lipinski definition) is 1. The van der Waals surface area contributed by atoms with E-state index in [1.807, 2.05) is 44.2 Å². The van der Waals surface area contributed by atoms with Crippen LogP contribution in [0.4, 0.5) is 0 Å². The van der Waals surface area contributed by atoms with Crippen molar-refractivity contribution in [2.75, 3.05) is 13.3 Å². The highest BCUT2D eigenvalue weighted by Crippen LogP contribution is 2.15. The molecule has 0 aliphatic carbocycles. The van der Waals surface area contributed by atoms with Crippen LogP contribution in [-0.2, 0) is 6.61 Å². The van der Waals surface area contributed by atoms with E-state index in [1.165, 1.54) is 0 Å². The molecule has 0 atom stereocenters. The van der Waals surface area contributed by atoms with Gasteiger partial charge in [-0.3, -0.25) is 4.79 Å². The zero-order chi connectivity index (χ0) is 17.8. The summed E-state index contributed by atoms with van der Waals surface area (Å²) < 4.78 is 2.07. The molecule has 0 spiro atoms. The van der Waals surface area contributed by atoms with Crippen LogP contribution < -0.4 is 0 Å². The van der Waals surface area contributed by atoms with E-state index in [2.05, 4.69) is 45.2 Å². The molecule has 2 nitrogen and oxygen atoms in total. The van der Waals surface area contributed by atoms with Crippen molar-refractivity contribution in [1.82, 2.24) is 0 Å². The van der Waals surface area contributed by atoms with Crippen molar-refractivity contribution in [3.05, 3.63) is 67.6 Å². The highest BCUT2D eigenvalue weighted by atomic mass is 79.9. The molecule has 0 saturated heterocycles. The van der Waals surface area contributed by atoms with Crippen molar-refractivity contribution in [2.45, 2.75) is 35.3 Å². The quantitative estimate of drug-likeness (QED) is 0.360. The van der Waals surface area contributed by atoms with E-state index in [4.69, 9.17) is 5.11 Å². The van der Waals surface area contributed by atoms with E-state index in [1.54, 1.807) is 6.07 Å². The van der Waals surface area contributed by atoms with Crippen LogP contribution in [0.2, 0.25) is 0 Å². The summed E-state index contributed by atoms with van der Waals surface area (Å²) >= 11 is 6.65. The smallest absolute Gasteiger partial charge is 0.150 e. The van der Waals surface area contributed by atoms with Crippen LogP contribution in [0.5, 0.6) is 0 Å². The fourth-order valence-electron chi connectivity index (χ4n) is 1.61. The van der Waals surface area contributed by atoms with Gasteiger partial charge >= 0.3 is 0 Å². The van der Waals surface area contributed by atoms with Gasteiger partial charge in [0.2, 0.25) is 0 Å². The van der Waals surface area contributed by atoms with Crippen LogP contribution in [0.15, 0.2) is 45.3 Å². The van der Waals surface area contributed by atoms with Gasteiger partial charge in [-0.25, -0.2) is 0 Å². The number of benzene rings is 2. The monoisotopic (exact) mass is 492 g/mol. The van der Waals surface area contributed by atoms with Gasteiger partial charge < -0.3 is 5.11 Å². The molecule has 0 aromatic heterocycles. The first-order valence-corrected chi connectivity index (χ1v) is 10.6. The Morgan fingerprint density at radius 3 is 1.76 bits per heavy atom. The van der Waals surface area contributed by atoms with Crippen molar-refractivity contribution in [2.24, 2.45) is 0 Å². The van der Waals surface area contributed by atoms with E-state index < -0.39 is 0 Å². The number of carbonyl (C=O) groups is 1. The first-order valence-electron chi connectivity index (χ1n) is 7.05.